The number of benzene rings is 1. The van der Waals surface area contributed by atoms with Crippen LogP contribution in [0, 0.1) is 17.3 Å². The van der Waals surface area contributed by atoms with Crippen LogP contribution >= 0.6 is 0 Å². The summed E-state index contributed by atoms with van der Waals surface area (Å²) in [6.45, 7) is 5.86. The summed E-state index contributed by atoms with van der Waals surface area (Å²) >= 11 is 0. The molecule has 4 rings (SSSR count). The molecule has 1 aromatic carbocycles. The fraction of sp³-hybridized carbons (Fsp3) is 0.700. The zero-order chi connectivity index (χ0) is 26.6. The molecule has 1 spiro atoms. The Morgan fingerprint density at radius 1 is 1.14 bits per heavy atom. The van der Waals surface area contributed by atoms with Crippen molar-refractivity contribution < 1.29 is 19.1 Å². The van der Waals surface area contributed by atoms with Crippen molar-refractivity contribution in [3.8, 4) is 0 Å². The van der Waals surface area contributed by atoms with Crippen LogP contribution in [0.4, 0.5) is 0 Å². The molecule has 3 aliphatic rings. The molecule has 7 heteroatoms. The maximum Gasteiger partial charge on any atom is 0.231 e. The quantitative estimate of drug-likeness (QED) is 0.545. The third-order valence-corrected chi connectivity index (χ3v) is 8.83. The summed E-state index contributed by atoms with van der Waals surface area (Å²) in [7, 11) is 1.86. The maximum atomic E-state index is 13.9. The Balaban J connectivity index is 1.51. The molecule has 204 valence electrons. The number of likely N-dealkylation sites (tertiary alicyclic amines) is 2. The van der Waals surface area contributed by atoms with Crippen molar-refractivity contribution in [2.24, 2.45) is 23.0 Å². The molecule has 3 atom stereocenters. The van der Waals surface area contributed by atoms with Gasteiger partial charge in [-0.1, -0.05) is 49.6 Å². The first kappa shape index (κ1) is 27.8. The van der Waals surface area contributed by atoms with Gasteiger partial charge in [-0.05, 0) is 51.0 Å². The van der Waals surface area contributed by atoms with E-state index in [-0.39, 0.29) is 36.5 Å². The summed E-state index contributed by atoms with van der Waals surface area (Å²) in [5, 5.41) is 0. The smallest absolute Gasteiger partial charge is 0.231 e. The van der Waals surface area contributed by atoms with E-state index in [1.165, 1.54) is 32.1 Å². The molecule has 3 fully saturated rings. The first-order chi connectivity index (χ1) is 17.6. The highest BCUT2D eigenvalue weighted by Crippen LogP contribution is 2.49. The van der Waals surface area contributed by atoms with E-state index >= 15 is 0 Å². The molecule has 2 amide bonds. The van der Waals surface area contributed by atoms with Crippen molar-refractivity contribution in [1.29, 1.82) is 0 Å². The summed E-state index contributed by atoms with van der Waals surface area (Å²) in [4.78, 5) is 44.0. The molecule has 2 saturated heterocycles. The number of piperidine rings is 1. The molecule has 1 aromatic rings. The minimum atomic E-state index is -1.01. The van der Waals surface area contributed by atoms with Crippen molar-refractivity contribution in [1.82, 2.24) is 9.80 Å². The monoisotopic (exact) mass is 511 g/mol. The van der Waals surface area contributed by atoms with Crippen LogP contribution in [0.25, 0.3) is 0 Å². The number of hydrogen-bond donors (Lipinski definition) is 1. The average molecular weight is 512 g/mol. The number of likely N-dealkylation sites (N-methyl/N-ethyl adjacent to an activating group) is 1. The van der Waals surface area contributed by atoms with Crippen LogP contribution in [0.2, 0.25) is 0 Å². The van der Waals surface area contributed by atoms with Crippen molar-refractivity contribution in [2.75, 3.05) is 39.9 Å². The predicted octanol–water partition coefficient (Wildman–Crippen LogP) is 3.76. The van der Waals surface area contributed by atoms with Crippen LogP contribution in [0.3, 0.4) is 0 Å². The van der Waals surface area contributed by atoms with Gasteiger partial charge in [0, 0.05) is 45.6 Å². The Labute approximate surface area is 222 Å². The second-order valence-electron chi connectivity index (χ2n) is 12.3. The molecule has 7 nitrogen and oxygen atoms in total. The summed E-state index contributed by atoms with van der Waals surface area (Å²) in [6.07, 6.45) is 7.67. The number of Topliss-reactive ketones (excluding diaryl/α,β-unsaturated/α-hetero) is 1. The lowest BCUT2D eigenvalue weighted by Gasteiger charge is -2.43. The number of nitrogens with two attached hydrogens (primary N) is 1. The van der Waals surface area contributed by atoms with Gasteiger partial charge in [0.2, 0.25) is 11.8 Å². The molecular weight excluding hydrogens is 466 g/mol. The van der Waals surface area contributed by atoms with Crippen LogP contribution in [-0.2, 0) is 19.1 Å². The molecule has 2 N–H and O–H groups in total. The van der Waals surface area contributed by atoms with E-state index in [2.05, 4.69) is 12.1 Å². The average Bonchev–Trinajstić information content (AvgIpc) is 3.13. The third-order valence-electron chi connectivity index (χ3n) is 8.83. The Kier molecular flexibility index (Phi) is 8.74. The van der Waals surface area contributed by atoms with Gasteiger partial charge in [0.05, 0.1) is 23.5 Å². The molecule has 0 radical (unpaired) electrons. The van der Waals surface area contributed by atoms with Crippen LogP contribution in [-0.4, -0.2) is 72.8 Å². The van der Waals surface area contributed by atoms with Gasteiger partial charge in [0.15, 0.2) is 5.78 Å². The van der Waals surface area contributed by atoms with Crippen LogP contribution in [0.5, 0.6) is 0 Å². The fourth-order valence-electron chi connectivity index (χ4n) is 6.59. The van der Waals surface area contributed by atoms with E-state index in [9.17, 15) is 14.4 Å². The predicted molar refractivity (Wildman–Crippen MR) is 144 cm³/mol. The summed E-state index contributed by atoms with van der Waals surface area (Å²) in [6, 6.07) is 10.2. The minimum Gasteiger partial charge on any atom is -0.380 e. The molecule has 2 aliphatic heterocycles. The summed E-state index contributed by atoms with van der Waals surface area (Å²) in [5.74, 6) is -0.135. The van der Waals surface area contributed by atoms with Crippen LogP contribution < -0.4 is 5.73 Å². The van der Waals surface area contributed by atoms with Gasteiger partial charge in [-0.25, -0.2) is 0 Å². The van der Waals surface area contributed by atoms with Gasteiger partial charge >= 0.3 is 0 Å². The summed E-state index contributed by atoms with van der Waals surface area (Å²) in [5.41, 5.74) is 5.60. The molecule has 1 saturated carbocycles. The zero-order valence-electron chi connectivity index (χ0n) is 22.9. The second-order valence-corrected chi connectivity index (χ2v) is 12.3. The second kappa shape index (κ2) is 11.6. The number of ketones is 1. The van der Waals surface area contributed by atoms with E-state index in [1.807, 2.05) is 35.0 Å². The number of amides is 2. The van der Waals surface area contributed by atoms with E-state index in [0.29, 0.717) is 32.2 Å². The Hall–Kier alpha value is -2.25. The van der Waals surface area contributed by atoms with E-state index < -0.39 is 16.9 Å². The van der Waals surface area contributed by atoms with Gasteiger partial charge in [0.25, 0.3) is 0 Å². The largest absolute Gasteiger partial charge is 0.380 e. The lowest BCUT2D eigenvalue weighted by molar-refractivity contribution is -0.148. The van der Waals surface area contributed by atoms with E-state index in [4.69, 9.17) is 10.5 Å². The molecule has 1 aliphatic carbocycles. The van der Waals surface area contributed by atoms with Crippen molar-refractivity contribution in [3.05, 3.63) is 35.9 Å². The lowest BCUT2D eigenvalue weighted by Crippen LogP contribution is -2.53. The van der Waals surface area contributed by atoms with Crippen LogP contribution in [0.1, 0.15) is 76.7 Å². The lowest BCUT2D eigenvalue weighted by atomic mass is 9.69. The Morgan fingerprint density at radius 2 is 1.84 bits per heavy atom. The maximum absolute atomic E-state index is 13.9. The standard InChI is InChI=1S/C30H45N3O4/c1-29(2,31)26(34)17-24(20-37-19-22-11-6-4-7-12-22)27(35)33-16-10-15-30(21-33)25(18-32(3)28(30)36)23-13-8-5-9-14-23/h5,8-9,13-14,22,24-25H,4,6-7,10-12,15-21,31H2,1-3H3/t24-,25?,30?/m1/s1. The van der Waals surface area contributed by atoms with Gasteiger partial charge in [-0.2, -0.15) is 0 Å². The Bertz CT molecular complexity index is 953. The topological polar surface area (TPSA) is 92.9 Å². The van der Waals surface area contributed by atoms with E-state index in [0.717, 1.165) is 18.4 Å². The number of rotatable bonds is 9. The fourth-order valence-corrected chi connectivity index (χ4v) is 6.59. The highest BCUT2D eigenvalue weighted by atomic mass is 16.5. The normalized spacial score (nSPS) is 26.1. The molecule has 2 unspecified atom stereocenters. The highest BCUT2D eigenvalue weighted by Gasteiger charge is 2.55. The van der Waals surface area contributed by atoms with Gasteiger partial charge in [-0.15, -0.1) is 0 Å². The van der Waals surface area contributed by atoms with Crippen molar-refractivity contribution in [3.63, 3.8) is 0 Å². The number of ether oxygens (including phenoxy) is 1. The van der Waals surface area contributed by atoms with Crippen molar-refractivity contribution >= 4 is 17.6 Å². The minimum absolute atomic E-state index is 0.0346. The third kappa shape index (κ3) is 6.26. The number of hydrogen-bond acceptors (Lipinski definition) is 5. The first-order valence-electron chi connectivity index (χ1n) is 14.1. The first-order valence-corrected chi connectivity index (χ1v) is 14.1. The van der Waals surface area contributed by atoms with Gasteiger partial charge in [-0.3, -0.25) is 14.4 Å². The SMILES string of the molecule is CN1CC(c2ccccc2)C2(CCCN(C(=O)[C@@H](COCC3CCCCC3)CC(=O)C(C)(C)N)C2)C1=O. The van der Waals surface area contributed by atoms with Gasteiger partial charge < -0.3 is 20.3 Å². The van der Waals surface area contributed by atoms with Crippen LogP contribution in [0.15, 0.2) is 30.3 Å². The molecule has 0 aromatic heterocycles. The number of carbonyl (C=O) groups excluding carboxylic acids is 3. The molecule has 37 heavy (non-hydrogen) atoms. The van der Waals surface area contributed by atoms with Crippen molar-refractivity contribution in [2.45, 2.75) is 76.7 Å². The molecular formula is C30H45N3O4. The summed E-state index contributed by atoms with van der Waals surface area (Å²) < 4.78 is 6.09. The molecule has 0 bridgehead atoms. The Morgan fingerprint density at radius 3 is 2.51 bits per heavy atom. The van der Waals surface area contributed by atoms with E-state index in [1.54, 1.807) is 13.8 Å². The highest BCUT2D eigenvalue weighted by molar-refractivity contribution is 5.92. The number of nitrogens with zero attached hydrogens (tertiary/aromatic N) is 2. The van der Waals surface area contributed by atoms with Gasteiger partial charge in [0.1, 0.15) is 0 Å². The zero-order valence-corrected chi connectivity index (χ0v) is 22.9. The molecule has 2 heterocycles. The number of carbonyl (C=O) groups is 3.